The highest BCUT2D eigenvalue weighted by atomic mass is 79.9. The molecule has 1 fully saturated rings. The van der Waals surface area contributed by atoms with Gasteiger partial charge in [0.25, 0.3) is 5.56 Å². The van der Waals surface area contributed by atoms with Gasteiger partial charge in [0.2, 0.25) is 11.8 Å². The first-order valence-electron chi connectivity index (χ1n) is 12.8. The minimum absolute atomic E-state index is 0.111. The summed E-state index contributed by atoms with van der Waals surface area (Å²) < 4.78 is 6.26. The number of aryl methyl sites for hydroxylation is 1. The van der Waals surface area contributed by atoms with Crippen molar-refractivity contribution in [3.8, 4) is 0 Å². The van der Waals surface area contributed by atoms with Crippen molar-refractivity contribution in [2.45, 2.75) is 71.4 Å². The number of rotatable bonds is 9. The number of hydrogen-bond acceptors (Lipinski definition) is 5. The zero-order chi connectivity index (χ0) is 27.2. The number of nitrogens with one attached hydrogen (secondary N) is 3. The number of carbonyl (C=O) groups is 3. The molecule has 3 N–H and O–H groups in total. The van der Waals surface area contributed by atoms with Gasteiger partial charge in [-0.15, -0.1) is 0 Å². The van der Waals surface area contributed by atoms with Gasteiger partial charge in [0.05, 0.1) is 6.61 Å². The van der Waals surface area contributed by atoms with Gasteiger partial charge in [-0.25, -0.2) is 4.79 Å². The molecule has 0 saturated carbocycles. The maximum absolute atomic E-state index is 13.3. The summed E-state index contributed by atoms with van der Waals surface area (Å²) in [6, 6.07) is 4.50. The smallest absolute Gasteiger partial charge is 0.407 e. The number of likely N-dealkylation sites (tertiary alicyclic amines) is 1. The highest BCUT2D eigenvalue weighted by molar-refractivity contribution is 9.10. The van der Waals surface area contributed by atoms with Gasteiger partial charge in [0.15, 0.2) is 0 Å². The topological polar surface area (TPSA) is 121 Å². The average Bonchev–Trinajstić information content (AvgIpc) is 3.34. The predicted molar refractivity (Wildman–Crippen MR) is 146 cm³/mol. The van der Waals surface area contributed by atoms with E-state index in [2.05, 4.69) is 31.5 Å². The molecule has 1 saturated heterocycles. The molecule has 2 aromatic rings. The number of likely N-dealkylation sites (N-methyl/N-ethyl adjacent to an activating group) is 1. The predicted octanol–water partition coefficient (Wildman–Crippen LogP) is 3.88. The number of hydrogen-bond donors (Lipinski definition) is 3. The van der Waals surface area contributed by atoms with Crippen molar-refractivity contribution in [2.24, 2.45) is 5.41 Å². The molecule has 1 aliphatic heterocycles. The van der Waals surface area contributed by atoms with Gasteiger partial charge in [-0.05, 0) is 67.7 Å². The third-order valence-corrected chi connectivity index (χ3v) is 7.36. The van der Waals surface area contributed by atoms with Gasteiger partial charge in [0.1, 0.15) is 12.1 Å². The van der Waals surface area contributed by atoms with E-state index < -0.39 is 23.6 Å². The Morgan fingerprint density at radius 2 is 1.95 bits per heavy atom. The van der Waals surface area contributed by atoms with Crippen LogP contribution in [0.4, 0.5) is 4.79 Å². The number of pyridine rings is 1. The molecule has 2 unspecified atom stereocenters. The molecule has 0 radical (unpaired) electrons. The van der Waals surface area contributed by atoms with E-state index in [1.54, 1.807) is 18.1 Å². The summed E-state index contributed by atoms with van der Waals surface area (Å²) in [5, 5.41) is 6.89. The van der Waals surface area contributed by atoms with Crippen molar-refractivity contribution >= 4 is 44.6 Å². The van der Waals surface area contributed by atoms with E-state index in [1.165, 1.54) is 0 Å². The molecule has 0 bridgehead atoms. The third kappa shape index (κ3) is 7.34. The number of aromatic amines is 1. The molecular weight excluding hydrogens is 540 g/mol. The number of aromatic nitrogens is 1. The van der Waals surface area contributed by atoms with Gasteiger partial charge in [-0.2, -0.15) is 0 Å². The largest absolute Gasteiger partial charge is 0.450 e. The number of ether oxygens (including phenoxy) is 1. The Bertz CT molecular complexity index is 1190. The van der Waals surface area contributed by atoms with Crippen molar-refractivity contribution in [1.82, 2.24) is 20.5 Å². The van der Waals surface area contributed by atoms with Crippen LogP contribution < -0.4 is 16.2 Å². The van der Waals surface area contributed by atoms with Crippen LogP contribution in [0.15, 0.2) is 33.7 Å². The highest BCUT2D eigenvalue weighted by Crippen LogP contribution is 2.26. The Kier molecular flexibility index (Phi) is 9.75. The van der Waals surface area contributed by atoms with Crippen LogP contribution in [0.25, 0.3) is 10.8 Å². The maximum atomic E-state index is 13.3. The fourth-order valence-electron chi connectivity index (χ4n) is 4.67. The Morgan fingerprint density at radius 3 is 2.65 bits per heavy atom. The number of alkyl carbamates (subject to hydrolysis) is 1. The van der Waals surface area contributed by atoms with Crippen molar-refractivity contribution in [3.63, 3.8) is 0 Å². The zero-order valence-electron chi connectivity index (χ0n) is 22.0. The quantitative estimate of drug-likeness (QED) is 0.391. The molecule has 10 heteroatoms. The molecule has 0 aliphatic carbocycles. The fraction of sp³-hybridized carbons (Fsp3) is 0.556. The second-order valence-electron chi connectivity index (χ2n) is 10.5. The van der Waals surface area contributed by atoms with E-state index in [0.29, 0.717) is 24.8 Å². The van der Waals surface area contributed by atoms with Crippen LogP contribution in [0.3, 0.4) is 0 Å². The number of nitrogens with zero attached hydrogens (tertiary/aromatic N) is 1. The lowest BCUT2D eigenvalue weighted by Gasteiger charge is -2.35. The van der Waals surface area contributed by atoms with Crippen molar-refractivity contribution in [2.75, 3.05) is 20.2 Å². The molecular formula is C27H37BrN4O5. The summed E-state index contributed by atoms with van der Waals surface area (Å²) in [7, 11) is 1.56. The lowest BCUT2D eigenvalue weighted by atomic mass is 9.85. The van der Waals surface area contributed by atoms with Crippen LogP contribution in [0.1, 0.15) is 58.4 Å². The minimum atomic E-state index is -0.806. The summed E-state index contributed by atoms with van der Waals surface area (Å²) in [6.07, 6.45) is 5.57. The molecule has 1 aromatic carbocycles. The van der Waals surface area contributed by atoms with Crippen molar-refractivity contribution in [1.29, 1.82) is 0 Å². The Balaban J connectivity index is 1.46. The van der Waals surface area contributed by atoms with Crippen molar-refractivity contribution < 1.29 is 19.1 Å². The second-order valence-corrected chi connectivity index (χ2v) is 11.4. The Hall–Kier alpha value is -2.88. The molecule has 2 heterocycles. The lowest BCUT2D eigenvalue weighted by Crippen LogP contribution is -2.57. The first kappa shape index (κ1) is 28.7. The molecule has 1 aliphatic rings. The second kappa shape index (κ2) is 12.6. The van der Waals surface area contributed by atoms with Crippen LogP contribution >= 0.6 is 15.9 Å². The molecule has 0 spiro atoms. The number of unbranched alkanes of at least 4 members (excludes halogenated alkanes) is 2. The maximum Gasteiger partial charge on any atom is 0.407 e. The normalized spacial score (nSPS) is 16.5. The molecule has 37 heavy (non-hydrogen) atoms. The van der Waals surface area contributed by atoms with E-state index >= 15 is 0 Å². The summed E-state index contributed by atoms with van der Waals surface area (Å²) in [5.74, 6) is -0.458. The minimum Gasteiger partial charge on any atom is -0.450 e. The van der Waals surface area contributed by atoms with E-state index in [1.807, 2.05) is 39.0 Å². The SMILES string of the molecule is CNC(=O)C1CCCN1C(=O)C(NC(=O)OCCCCCc1cc(Br)c2cc[nH]c(=O)c2c1)C(C)(C)C. The van der Waals surface area contributed by atoms with Crippen LogP contribution in [0.5, 0.6) is 0 Å². The van der Waals surface area contributed by atoms with E-state index in [0.717, 1.165) is 41.1 Å². The molecule has 1 aromatic heterocycles. The summed E-state index contributed by atoms with van der Waals surface area (Å²) >= 11 is 3.55. The highest BCUT2D eigenvalue weighted by Gasteiger charge is 2.41. The van der Waals surface area contributed by atoms with Crippen LogP contribution in [0.2, 0.25) is 0 Å². The lowest BCUT2D eigenvalue weighted by molar-refractivity contribution is -0.141. The molecule has 2 atom stereocenters. The third-order valence-electron chi connectivity index (χ3n) is 6.70. The van der Waals surface area contributed by atoms with Gasteiger partial charge < -0.3 is 25.3 Å². The number of carbonyl (C=O) groups excluding carboxylic acids is 3. The number of amides is 3. The molecule has 9 nitrogen and oxygen atoms in total. The Labute approximate surface area is 225 Å². The first-order chi connectivity index (χ1) is 17.5. The van der Waals surface area contributed by atoms with Gasteiger partial charge in [0, 0.05) is 35.0 Å². The first-order valence-corrected chi connectivity index (χ1v) is 13.6. The summed E-state index contributed by atoms with van der Waals surface area (Å²) in [5.41, 5.74) is 0.403. The molecule has 3 rings (SSSR count). The monoisotopic (exact) mass is 576 g/mol. The fourth-order valence-corrected chi connectivity index (χ4v) is 5.31. The number of benzene rings is 1. The van der Waals surface area contributed by atoms with Crippen LogP contribution in [0, 0.1) is 5.41 Å². The van der Waals surface area contributed by atoms with Crippen molar-refractivity contribution in [3.05, 3.63) is 44.8 Å². The van der Waals surface area contributed by atoms with Gasteiger partial charge >= 0.3 is 6.09 Å². The number of fused-ring (bicyclic) bond motifs is 1. The van der Waals surface area contributed by atoms with Crippen LogP contribution in [-0.4, -0.2) is 60.1 Å². The molecule has 202 valence electrons. The molecule has 3 amide bonds. The van der Waals surface area contributed by atoms with Gasteiger partial charge in [-0.3, -0.25) is 14.4 Å². The zero-order valence-corrected chi connectivity index (χ0v) is 23.6. The average molecular weight is 578 g/mol. The van der Waals surface area contributed by atoms with E-state index in [4.69, 9.17) is 4.74 Å². The Morgan fingerprint density at radius 1 is 1.19 bits per heavy atom. The number of H-pyrrole nitrogens is 1. The standard InChI is InChI=1S/C27H37BrN4O5/c1-27(2,3)22(25(35)32-13-8-10-21(32)24(34)29-4)31-26(36)37-14-7-5-6-9-17-15-19-18(20(28)16-17)11-12-30-23(19)33/h11-12,15-16,21-22H,5-10,13-14H2,1-4H3,(H,29,34)(H,30,33)(H,31,36). The number of halogens is 1. The summed E-state index contributed by atoms with van der Waals surface area (Å²) in [6.45, 7) is 6.35. The van der Waals surface area contributed by atoms with E-state index in [9.17, 15) is 19.2 Å². The van der Waals surface area contributed by atoms with Gasteiger partial charge in [-0.1, -0.05) is 36.7 Å². The summed E-state index contributed by atoms with van der Waals surface area (Å²) in [4.78, 5) is 54.4. The van der Waals surface area contributed by atoms with Crippen LogP contribution in [-0.2, 0) is 20.7 Å². The van der Waals surface area contributed by atoms with E-state index in [-0.39, 0.29) is 24.0 Å².